The summed E-state index contributed by atoms with van der Waals surface area (Å²) in [6, 6.07) is 0. The Bertz CT molecular complexity index is 234. The molecule has 0 saturated carbocycles. The lowest BCUT2D eigenvalue weighted by molar-refractivity contribution is 0.251. The molecule has 140 valence electrons. The second-order valence-corrected chi connectivity index (χ2v) is 8.23. The van der Waals surface area contributed by atoms with Gasteiger partial charge in [0.05, 0.1) is 0 Å². The summed E-state index contributed by atoms with van der Waals surface area (Å²) in [6.45, 7) is 12.8. The normalized spacial score (nSPS) is 13.4. The van der Waals surface area contributed by atoms with Crippen LogP contribution in [0.4, 0.5) is 0 Å². The number of hydrogen-bond donors (Lipinski definition) is 1. The van der Waals surface area contributed by atoms with Gasteiger partial charge in [0.15, 0.2) is 0 Å². The van der Waals surface area contributed by atoms with E-state index >= 15 is 0 Å². The van der Waals surface area contributed by atoms with Gasteiger partial charge < -0.3 is 5.32 Å². The van der Waals surface area contributed by atoms with Crippen LogP contribution in [0, 0.1) is 5.92 Å². The number of hydrogen-bond acceptors (Lipinski definition) is 1. The largest absolute Gasteiger partial charge is 0.312 e. The summed E-state index contributed by atoms with van der Waals surface area (Å²) >= 11 is 0. The number of rotatable bonds is 17. The van der Waals surface area contributed by atoms with Crippen molar-refractivity contribution in [3.05, 3.63) is 0 Å². The SMILES string of the molecule is CCCCCCCCCCCCCCC(C)C(C)(C)NCCC. The third kappa shape index (κ3) is 14.0. The van der Waals surface area contributed by atoms with Crippen LogP contribution in [-0.2, 0) is 0 Å². The summed E-state index contributed by atoms with van der Waals surface area (Å²) < 4.78 is 0. The molecule has 0 rings (SSSR count). The summed E-state index contributed by atoms with van der Waals surface area (Å²) in [5.74, 6) is 0.775. The maximum Gasteiger partial charge on any atom is 0.0150 e. The number of unbranched alkanes of at least 4 members (excludes halogenated alkanes) is 11. The molecule has 0 saturated heterocycles. The van der Waals surface area contributed by atoms with Gasteiger partial charge in [0.25, 0.3) is 0 Å². The molecule has 0 heterocycles. The van der Waals surface area contributed by atoms with Crippen molar-refractivity contribution in [2.45, 2.75) is 130 Å². The van der Waals surface area contributed by atoms with E-state index in [4.69, 9.17) is 0 Å². The Morgan fingerprint density at radius 2 is 1.09 bits per heavy atom. The Morgan fingerprint density at radius 1 is 0.652 bits per heavy atom. The van der Waals surface area contributed by atoms with Crippen molar-refractivity contribution in [3.63, 3.8) is 0 Å². The monoisotopic (exact) mass is 325 g/mol. The van der Waals surface area contributed by atoms with E-state index in [1.54, 1.807) is 0 Å². The topological polar surface area (TPSA) is 12.0 Å². The predicted molar refractivity (Wildman–Crippen MR) is 107 cm³/mol. The average Bonchev–Trinajstić information content (AvgIpc) is 2.53. The molecule has 0 aliphatic carbocycles. The molecular weight excluding hydrogens is 278 g/mol. The van der Waals surface area contributed by atoms with Gasteiger partial charge in [-0.1, -0.05) is 97.8 Å². The van der Waals surface area contributed by atoms with Gasteiger partial charge in [-0.05, 0) is 39.2 Å². The first-order valence-corrected chi connectivity index (χ1v) is 10.8. The van der Waals surface area contributed by atoms with Crippen molar-refractivity contribution in [1.82, 2.24) is 5.32 Å². The third-order valence-electron chi connectivity index (χ3n) is 5.55. The molecule has 0 aliphatic heterocycles. The molecule has 1 N–H and O–H groups in total. The second kappa shape index (κ2) is 15.5. The van der Waals surface area contributed by atoms with Gasteiger partial charge in [0.2, 0.25) is 0 Å². The van der Waals surface area contributed by atoms with Gasteiger partial charge in [0, 0.05) is 5.54 Å². The van der Waals surface area contributed by atoms with E-state index in [0.717, 1.165) is 12.5 Å². The third-order valence-corrected chi connectivity index (χ3v) is 5.55. The maximum atomic E-state index is 3.70. The van der Waals surface area contributed by atoms with Crippen LogP contribution in [-0.4, -0.2) is 12.1 Å². The molecule has 1 atom stereocenters. The number of nitrogens with one attached hydrogen (secondary N) is 1. The lowest BCUT2D eigenvalue weighted by Gasteiger charge is -2.33. The van der Waals surface area contributed by atoms with Crippen LogP contribution in [0.3, 0.4) is 0 Å². The minimum atomic E-state index is 0.299. The molecule has 1 nitrogen and oxygen atoms in total. The maximum absolute atomic E-state index is 3.70. The summed E-state index contributed by atoms with van der Waals surface area (Å²) in [6.07, 6.45) is 20.0. The van der Waals surface area contributed by atoms with Crippen LogP contribution in [0.15, 0.2) is 0 Å². The van der Waals surface area contributed by atoms with Crippen molar-refractivity contribution in [1.29, 1.82) is 0 Å². The smallest absolute Gasteiger partial charge is 0.0150 e. The molecule has 1 heteroatoms. The van der Waals surface area contributed by atoms with E-state index < -0.39 is 0 Å². The Hall–Kier alpha value is -0.0400. The Labute approximate surface area is 148 Å². The van der Waals surface area contributed by atoms with E-state index in [-0.39, 0.29) is 0 Å². The van der Waals surface area contributed by atoms with Crippen molar-refractivity contribution < 1.29 is 0 Å². The average molecular weight is 326 g/mol. The highest BCUT2D eigenvalue weighted by atomic mass is 15.0. The molecular formula is C22H47N. The van der Waals surface area contributed by atoms with E-state index in [1.165, 1.54) is 89.9 Å². The molecule has 0 aliphatic rings. The lowest BCUT2D eigenvalue weighted by atomic mass is 9.84. The zero-order valence-corrected chi connectivity index (χ0v) is 17.2. The van der Waals surface area contributed by atoms with Gasteiger partial charge in [-0.2, -0.15) is 0 Å². The first-order valence-electron chi connectivity index (χ1n) is 10.8. The molecule has 0 fully saturated rings. The molecule has 0 spiro atoms. The predicted octanol–water partition coefficient (Wildman–Crippen LogP) is 7.49. The van der Waals surface area contributed by atoms with E-state index in [1.807, 2.05) is 0 Å². The first-order chi connectivity index (χ1) is 11.0. The lowest BCUT2D eigenvalue weighted by Crippen LogP contribution is -2.45. The summed E-state index contributed by atoms with van der Waals surface area (Å²) in [4.78, 5) is 0. The van der Waals surface area contributed by atoms with Crippen LogP contribution in [0.2, 0.25) is 0 Å². The second-order valence-electron chi connectivity index (χ2n) is 8.23. The molecule has 0 radical (unpaired) electrons. The Balaban J connectivity index is 3.35. The van der Waals surface area contributed by atoms with Gasteiger partial charge in [-0.25, -0.2) is 0 Å². The first kappa shape index (κ1) is 23.0. The summed E-state index contributed by atoms with van der Waals surface area (Å²) in [5, 5.41) is 3.70. The van der Waals surface area contributed by atoms with Crippen LogP contribution in [0.1, 0.15) is 125 Å². The van der Waals surface area contributed by atoms with E-state index in [2.05, 4.69) is 39.9 Å². The Morgan fingerprint density at radius 3 is 1.52 bits per heavy atom. The summed E-state index contributed by atoms with van der Waals surface area (Å²) in [5.41, 5.74) is 0.299. The van der Waals surface area contributed by atoms with Gasteiger partial charge in [-0.3, -0.25) is 0 Å². The van der Waals surface area contributed by atoms with Gasteiger partial charge >= 0.3 is 0 Å². The van der Waals surface area contributed by atoms with Crippen molar-refractivity contribution in [2.75, 3.05) is 6.54 Å². The minimum absolute atomic E-state index is 0.299. The fraction of sp³-hybridized carbons (Fsp3) is 1.00. The van der Waals surface area contributed by atoms with Crippen LogP contribution < -0.4 is 5.32 Å². The van der Waals surface area contributed by atoms with Gasteiger partial charge in [0.1, 0.15) is 0 Å². The molecule has 23 heavy (non-hydrogen) atoms. The molecule has 0 amide bonds. The molecule has 0 bridgehead atoms. The van der Waals surface area contributed by atoms with Crippen molar-refractivity contribution in [2.24, 2.45) is 5.92 Å². The quantitative estimate of drug-likeness (QED) is 0.273. The standard InChI is InChI=1S/C22H47N/c1-6-8-9-10-11-12-13-14-15-16-17-18-19-21(3)22(4,5)23-20-7-2/h21,23H,6-20H2,1-5H3. The fourth-order valence-corrected chi connectivity index (χ4v) is 3.27. The molecule has 0 aromatic rings. The van der Waals surface area contributed by atoms with Crippen LogP contribution >= 0.6 is 0 Å². The van der Waals surface area contributed by atoms with E-state index in [0.29, 0.717) is 5.54 Å². The Kier molecular flexibility index (Phi) is 15.5. The highest BCUT2D eigenvalue weighted by Crippen LogP contribution is 2.23. The minimum Gasteiger partial charge on any atom is -0.312 e. The molecule has 1 unspecified atom stereocenters. The van der Waals surface area contributed by atoms with Crippen LogP contribution in [0.25, 0.3) is 0 Å². The molecule has 0 aromatic heterocycles. The molecule has 0 aromatic carbocycles. The summed E-state index contributed by atoms with van der Waals surface area (Å²) in [7, 11) is 0. The van der Waals surface area contributed by atoms with Crippen LogP contribution in [0.5, 0.6) is 0 Å². The van der Waals surface area contributed by atoms with Crippen molar-refractivity contribution >= 4 is 0 Å². The van der Waals surface area contributed by atoms with Gasteiger partial charge in [-0.15, -0.1) is 0 Å². The highest BCUT2D eigenvalue weighted by Gasteiger charge is 2.23. The van der Waals surface area contributed by atoms with E-state index in [9.17, 15) is 0 Å². The highest BCUT2D eigenvalue weighted by molar-refractivity contribution is 4.83. The zero-order valence-electron chi connectivity index (χ0n) is 17.2. The zero-order chi connectivity index (χ0) is 17.4. The fourth-order valence-electron chi connectivity index (χ4n) is 3.27. The van der Waals surface area contributed by atoms with Crippen molar-refractivity contribution in [3.8, 4) is 0 Å².